The molecule has 116 valence electrons. The van der Waals surface area contributed by atoms with Crippen LogP contribution in [0.4, 0.5) is 8.78 Å². The van der Waals surface area contributed by atoms with Crippen LogP contribution in [0.3, 0.4) is 0 Å². The van der Waals surface area contributed by atoms with Gasteiger partial charge in [0.05, 0.1) is 13.5 Å². The van der Waals surface area contributed by atoms with E-state index in [-0.39, 0.29) is 24.3 Å². The molecule has 0 radical (unpaired) electrons. The standard InChI is InChI=1S/C17H16F2O3/c1-11-6-7-16(15(19)8-11)22-10-13-12(9-17(20)21-2)4-3-5-14(13)18/h3-8H,9-10H2,1-2H3. The van der Waals surface area contributed by atoms with Gasteiger partial charge in [-0.1, -0.05) is 18.2 Å². The lowest BCUT2D eigenvalue weighted by molar-refractivity contribution is -0.139. The largest absolute Gasteiger partial charge is 0.486 e. The SMILES string of the molecule is COC(=O)Cc1cccc(F)c1COc1ccc(C)cc1F. The van der Waals surface area contributed by atoms with E-state index in [0.717, 1.165) is 5.56 Å². The normalized spacial score (nSPS) is 10.4. The molecular formula is C17H16F2O3. The molecule has 0 aliphatic rings. The minimum Gasteiger partial charge on any atom is -0.486 e. The third kappa shape index (κ3) is 3.81. The van der Waals surface area contributed by atoms with E-state index in [1.54, 1.807) is 19.1 Å². The van der Waals surface area contributed by atoms with Gasteiger partial charge in [-0.2, -0.15) is 0 Å². The predicted molar refractivity (Wildman–Crippen MR) is 77.6 cm³/mol. The van der Waals surface area contributed by atoms with Crippen molar-refractivity contribution in [1.29, 1.82) is 0 Å². The molecule has 5 heteroatoms. The van der Waals surface area contributed by atoms with E-state index in [1.807, 2.05) is 0 Å². The van der Waals surface area contributed by atoms with Crippen LogP contribution in [0.1, 0.15) is 16.7 Å². The second kappa shape index (κ2) is 7.02. The zero-order valence-corrected chi connectivity index (χ0v) is 12.4. The van der Waals surface area contributed by atoms with E-state index in [4.69, 9.17) is 4.74 Å². The van der Waals surface area contributed by atoms with Crippen molar-refractivity contribution in [3.8, 4) is 5.75 Å². The first kappa shape index (κ1) is 15.9. The van der Waals surface area contributed by atoms with Gasteiger partial charge in [0.1, 0.15) is 12.4 Å². The van der Waals surface area contributed by atoms with Gasteiger partial charge in [-0.3, -0.25) is 4.79 Å². The number of methoxy groups -OCH3 is 1. The smallest absolute Gasteiger partial charge is 0.309 e. The van der Waals surface area contributed by atoms with Crippen molar-refractivity contribution in [2.75, 3.05) is 7.11 Å². The lowest BCUT2D eigenvalue weighted by Gasteiger charge is -2.12. The first-order chi connectivity index (χ1) is 10.5. The topological polar surface area (TPSA) is 35.5 Å². The number of hydrogen-bond acceptors (Lipinski definition) is 3. The van der Waals surface area contributed by atoms with Gasteiger partial charge in [0.2, 0.25) is 0 Å². The van der Waals surface area contributed by atoms with Crippen molar-refractivity contribution in [1.82, 2.24) is 0 Å². The van der Waals surface area contributed by atoms with Gasteiger partial charge in [-0.15, -0.1) is 0 Å². The van der Waals surface area contributed by atoms with Crippen molar-refractivity contribution in [3.05, 3.63) is 64.7 Å². The Kier molecular flexibility index (Phi) is 5.09. The van der Waals surface area contributed by atoms with Crippen molar-refractivity contribution in [2.24, 2.45) is 0 Å². The number of halogens is 2. The minimum absolute atomic E-state index is 0.0397. The Bertz CT molecular complexity index is 684. The highest BCUT2D eigenvalue weighted by atomic mass is 19.1. The fraction of sp³-hybridized carbons (Fsp3) is 0.235. The number of aryl methyl sites for hydroxylation is 1. The van der Waals surface area contributed by atoms with Crippen LogP contribution in [-0.4, -0.2) is 13.1 Å². The Morgan fingerprint density at radius 1 is 1.14 bits per heavy atom. The molecule has 0 aliphatic carbocycles. The summed E-state index contributed by atoms with van der Waals surface area (Å²) in [5, 5.41) is 0. The Labute approximate surface area is 127 Å². The van der Waals surface area contributed by atoms with Gasteiger partial charge in [0.25, 0.3) is 0 Å². The molecule has 0 N–H and O–H groups in total. The van der Waals surface area contributed by atoms with E-state index in [2.05, 4.69) is 4.74 Å². The third-order valence-electron chi connectivity index (χ3n) is 3.24. The predicted octanol–water partition coefficient (Wildman–Crippen LogP) is 3.57. The molecule has 0 unspecified atom stereocenters. The summed E-state index contributed by atoms with van der Waals surface area (Å²) in [4.78, 5) is 11.4. The maximum Gasteiger partial charge on any atom is 0.309 e. The van der Waals surface area contributed by atoms with Crippen LogP contribution in [0.5, 0.6) is 5.75 Å². The van der Waals surface area contributed by atoms with E-state index >= 15 is 0 Å². The second-order valence-electron chi connectivity index (χ2n) is 4.85. The monoisotopic (exact) mass is 306 g/mol. The third-order valence-corrected chi connectivity index (χ3v) is 3.24. The Morgan fingerprint density at radius 2 is 1.91 bits per heavy atom. The molecule has 0 aromatic heterocycles. The van der Waals surface area contributed by atoms with Crippen LogP contribution in [0.25, 0.3) is 0 Å². The fourth-order valence-electron chi connectivity index (χ4n) is 2.03. The van der Waals surface area contributed by atoms with Gasteiger partial charge in [0, 0.05) is 5.56 Å². The number of benzene rings is 2. The number of esters is 1. The molecule has 22 heavy (non-hydrogen) atoms. The summed E-state index contributed by atoms with van der Waals surface area (Å²) in [5.41, 5.74) is 1.44. The van der Waals surface area contributed by atoms with Gasteiger partial charge in [0.15, 0.2) is 11.6 Å². The second-order valence-corrected chi connectivity index (χ2v) is 4.85. The molecule has 3 nitrogen and oxygen atoms in total. The molecule has 2 aromatic carbocycles. The molecule has 0 saturated carbocycles. The highest BCUT2D eigenvalue weighted by Crippen LogP contribution is 2.22. The molecule has 0 bridgehead atoms. The number of rotatable bonds is 5. The first-order valence-electron chi connectivity index (χ1n) is 6.73. The fourth-order valence-corrected chi connectivity index (χ4v) is 2.03. The zero-order valence-electron chi connectivity index (χ0n) is 12.4. The molecule has 2 rings (SSSR count). The van der Waals surface area contributed by atoms with E-state index < -0.39 is 17.6 Å². The summed E-state index contributed by atoms with van der Waals surface area (Å²) >= 11 is 0. The van der Waals surface area contributed by atoms with E-state index in [0.29, 0.717) is 5.56 Å². The molecular weight excluding hydrogens is 290 g/mol. The summed E-state index contributed by atoms with van der Waals surface area (Å²) in [6.07, 6.45) is -0.0661. The lowest BCUT2D eigenvalue weighted by atomic mass is 10.0. The lowest BCUT2D eigenvalue weighted by Crippen LogP contribution is -2.10. The van der Waals surface area contributed by atoms with Gasteiger partial charge < -0.3 is 9.47 Å². The summed E-state index contributed by atoms with van der Waals surface area (Å²) in [6.45, 7) is 1.59. The van der Waals surface area contributed by atoms with Crippen LogP contribution in [0.15, 0.2) is 36.4 Å². The van der Waals surface area contributed by atoms with Gasteiger partial charge >= 0.3 is 5.97 Å². The minimum atomic E-state index is -0.508. The van der Waals surface area contributed by atoms with E-state index in [1.165, 1.54) is 31.4 Å². The molecule has 0 amide bonds. The molecule has 0 saturated heterocycles. The van der Waals surface area contributed by atoms with Crippen LogP contribution >= 0.6 is 0 Å². The maximum atomic E-state index is 13.9. The molecule has 0 aliphatic heterocycles. The van der Waals surface area contributed by atoms with Crippen molar-refractivity contribution < 1.29 is 23.0 Å². The van der Waals surface area contributed by atoms with Gasteiger partial charge in [-0.05, 0) is 36.2 Å². The summed E-state index contributed by atoms with van der Waals surface area (Å²) in [6, 6.07) is 8.92. The van der Waals surface area contributed by atoms with Crippen LogP contribution in [0, 0.1) is 18.6 Å². The number of hydrogen-bond donors (Lipinski definition) is 0. The van der Waals surface area contributed by atoms with Crippen LogP contribution in [0.2, 0.25) is 0 Å². The highest BCUT2D eigenvalue weighted by molar-refractivity contribution is 5.72. The zero-order chi connectivity index (χ0) is 16.1. The Morgan fingerprint density at radius 3 is 2.59 bits per heavy atom. The maximum absolute atomic E-state index is 13.9. The number of ether oxygens (including phenoxy) is 2. The molecule has 0 fully saturated rings. The molecule has 0 heterocycles. The Hall–Kier alpha value is -2.43. The molecule has 0 atom stereocenters. The number of carbonyl (C=O) groups excluding carboxylic acids is 1. The summed E-state index contributed by atoms with van der Waals surface area (Å²) < 4.78 is 37.6. The number of carbonyl (C=O) groups is 1. The van der Waals surface area contributed by atoms with Crippen molar-refractivity contribution in [3.63, 3.8) is 0 Å². The summed E-state index contributed by atoms with van der Waals surface area (Å²) in [5.74, 6) is -1.45. The van der Waals surface area contributed by atoms with Gasteiger partial charge in [-0.25, -0.2) is 8.78 Å². The Balaban J connectivity index is 2.19. The van der Waals surface area contributed by atoms with Crippen molar-refractivity contribution >= 4 is 5.97 Å². The van der Waals surface area contributed by atoms with Crippen LogP contribution < -0.4 is 4.74 Å². The quantitative estimate of drug-likeness (QED) is 0.792. The average molecular weight is 306 g/mol. The van der Waals surface area contributed by atoms with Crippen molar-refractivity contribution in [2.45, 2.75) is 20.0 Å². The first-order valence-corrected chi connectivity index (χ1v) is 6.73. The molecule has 0 spiro atoms. The molecule has 2 aromatic rings. The average Bonchev–Trinajstić information content (AvgIpc) is 2.48. The summed E-state index contributed by atoms with van der Waals surface area (Å²) in [7, 11) is 1.26. The highest BCUT2D eigenvalue weighted by Gasteiger charge is 2.14. The van der Waals surface area contributed by atoms with E-state index in [9.17, 15) is 13.6 Å². The van der Waals surface area contributed by atoms with Crippen LogP contribution in [-0.2, 0) is 22.6 Å².